The van der Waals surface area contributed by atoms with Crippen molar-refractivity contribution in [3.8, 4) is 0 Å². The Bertz CT molecular complexity index is 782. The number of hydrogen-bond donors (Lipinski definition) is 1. The first-order valence-corrected chi connectivity index (χ1v) is 10.2. The second-order valence-electron chi connectivity index (χ2n) is 9.65. The van der Waals surface area contributed by atoms with Gasteiger partial charge >= 0.3 is 12.1 Å². The summed E-state index contributed by atoms with van der Waals surface area (Å²) in [7, 11) is 0. The van der Waals surface area contributed by atoms with Crippen LogP contribution in [0.3, 0.4) is 0 Å². The quantitative estimate of drug-likeness (QED) is 0.839. The molecule has 4 rings (SSSR count). The van der Waals surface area contributed by atoms with Crippen LogP contribution >= 0.6 is 0 Å². The Kier molecular flexibility index (Phi) is 4.65. The SMILES string of the molecule is CC(C)(C)OC(=O)N1CCC2(CC1)CN([C@@H]1CCc3cc(C(=O)O)ccc31)C2. The van der Waals surface area contributed by atoms with Gasteiger partial charge in [0.1, 0.15) is 5.60 Å². The summed E-state index contributed by atoms with van der Waals surface area (Å²) in [6, 6.07) is 5.99. The van der Waals surface area contributed by atoms with E-state index in [1.165, 1.54) is 11.1 Å². The van der Waals surface area contributed by atoms with Gasteiger partial charge < -0.3 is 14.7 Å². The van der Waals surface area contributed by atoms with Crippen molar-refractivity contribution in [2.75, 3.05) is 26.2 Å². The Hall–Kier alpha value is -2.08. The second kappa shape index (κ2) is 6.76. The number of carbonyl (C=O) groups excluding carboxylic acids is 1. The van der Waals surface area contributed by atoms with Crippen molar-refractivity contribution >= 4 is 12.1 Å². The molecular weight excluding hydrogens is 356 g/mol. The highest BCUT2D eigenvalue weighted by Crippen LogP contribution is 2.47. The highest BCUT2D eigenvalue weighted by Gasteiger charge is 2.48. The van der Waals surface area contributed by atoms with E-state index in [4.69, 9.17) is 4.74 Å². The van der Waals surface area contributed by atoms with Crippen LogP contribution in [0.25, 0.3) is 0 Å². The van der Waals surface area contributed by atoms with Crippen molar-refractivity contribution < 1.29 is 19.4 Å². The molecule has 6 nitrogen and oxygen atoms in total. The monoisotopic (exact) mass is 386 g/mol. The molecule has 2 aliphatic heterocycles. The minimum Gasteiger partial charge on any atom is -0.478 e. The van der Waals surface area contributed by atoms with E-state index in [-0.39, 0.29) is 6.09 Å². The normalized spacial score (nSPS) is 24.0. The third-order valence-electron chi connectivity index (χ3n) is 6.43. The van der Waals surface area contributed by atoms with E-state index in [1.807, 2.05) is 37.8 Å². The predicted octanol–water partition coefficient (Wildman–Crippen LogP) is 3.71. The molecular formula is C22H30N2O4. The zero-order chi connectivity index (χ0) is 20.1. The largest absolute Gasteiger partial charge is 0.478 e. The van der Waals surface area contributed by atoms with E-state index < -0.39 is 11.6 Å². The Balaban J connectivity index is 1.33. The lowest BCUT2D eigenvalue weighted by Crippen LogP contribution is -2.61. The molecule has 1 spiro atoms. The lowest BCUT2D eigenvalue weighted by Gasteiger charge is -2.56. The van der Waals surface area contributed by atoms with Crippen molar-refractivity contribution in [3.63, 3.8) is 0 Å². The molecule has 3 aliphatic rings. The van der Waals surface area contributed by atoms with Crippen molar-refractivity contribution in [1.29, 1.82) is 0 Å². The first-order chi connectivity index (χ1) is 13.2. The van der Waals surface area contributed by atoms with Crippen molar-refractivity contribution in [2.24, 2.45) is 5.41 Å². The second-order valence-corrected chi connectivity index (χ2v) is 9.65. The minimum absolute atomic E-state index is 0.197. The molecule has 1 aliphatic carbocycles. The van der Waals surface area contributed by atoms with Crippen LogP contribution in [0, 0.1) is 5.41 Å². The van der Waals surface area contributed by atoms with Crippen LogP contribution in [0.2, 0.25) is 0 Å². The predicted molar refractivity (Wildman–Crippen MR) is 106 cm³/mol. The van der Waals surface area contributed by atoms with Gasteiger partial charge in [-0.25, -0.2) is 9.59 Å². The van der Waals surface area contributed by atoms with Crippen LogP contribution in [-0.4, -0.2) is 58.7 Å². The number of carboxylic acids is 1. The van der Waals surface area contributed by atoms with Gasteiger partial charge in [-0.05, 0) is 75.1 Å². The van der Waals surface area contributed by atoms with Gasteiger partial charge in [0, 0.05) is 32.2 Å². The Labute approximate surface area is 166 Å². The summed E-state index contributed by atoms with van der Waals surface area (Å²) >= 11 is 0. The maximum Gasteiger partial charge on any atom is 0.410 e. The van der Waals surface area contributed by atoms with Gasteiger partial charge in [-0.3, -0.25) is 4.90 Å². The molecule has 1 aromatic rings. The summed E-state index contributed by atoms with van der Waals surface area (Å²) in [5.74, 6) is -0.856. The van der Waals surface area contributed by atoms with Gasteiger partial charge in [-0.15, -0.1) is 0 Å². The maximum atomic E-state index is 12.3. The number of benzene rings is 1. The van der Waals surface area contributed by atoms with Crippen molar-refractivity contribution in [2.45, 2.75) is 58.1 Å². The van der Waals surface area contributed by atoms with E-state index in [1.54, 1.807) is 6.07 Å². The number of aryl methyl sites for hydroxylation is 1. The molecule has 0 saturated carbocycles. The van der Waals surface area contributed by atoms with Gasteiger partial charge in [0.2, 0.25) is 0 Å². The molecule has 0 radical (unpaired) electrons. The fraction of sp³-hybridized carbons (Fsp3) is 0.636. The lowest BCUT2D eigenvalue weighted by atomic mass is 9.71. The van der Waals surface area contributed by atoms with E-state index in [0.29, 0.717) is 17.0 Å². The molecule has 1 atom stereocenters. The number of ether oxygens (including phenoxy) is 1. The topological polar surface area (TPSA) is 70.1 Å². The van der Waals surface area contributed by atoms with Crippen molar-refractivity contribution in [3.05, 3.63) is 34.9 Å². The van der Waals surface area contributed by atoms with Crippen LogP contribution in [0.5, 0.6) is 0 Å². The molecule has 0 unspecified atom stereocenters. The van der Waals surface area contributed by atoms with E-state index in [9.17, 15) is 14.7 Å². The van der Waals surface area contributed by atoms with Crippen LogP contribution in [0.15, 0.2) is 18.2 Å². The number of hydrogen-bond acceptors (Lipinski definition) is 4. The minimum atomic E-state index is -0.856. The standard InChI is InChI=1S/C22H30N2O4/c1-21(2,3)28-20(27)23-10-8-22(9-11-23)13-24(14-22)18-7-5-15-12-16(19(25)26)4-6-17(15)18/h4,6,12,18H,5,7-11,13-14H2,1-3H3,(H,25,26)/t18-/m1/s1. The van der Waals surface area contributed by atoms with Gasteiger partial charge in [0.25, 0.3) is 0 Å². The summed E-state index contributed by atoms with van der Waals surface area (Å²) in [6.45, 7) is 9.38. The number of aromatic carboxylic acids is 1. The molecule has 1 N–H and O–H groups in total. The van der Waals surface area contributed by atoms with Gasteiger partial charge in [-0.2, -0.15) is 0 Å². The number of amides is 1. The van der Waals surface area contributed by atoms with Gasteiger partial charge in [0.15, 0.2) is 0 Å². The third-order valence-corrected chi connectivity index (χ3v) is 6.43. The van der Waals surface area contributed by atoms with Gasteiger partial charge in [-0.1, -0.05) is 6.07 Å². The summed E-state index contributed by atoms with van der Waals surface area (Å²) < 4.78 is 5.50. The summed E-state index contributed by atoms with van der Waals surface area (Å²) in [6.07, 6.45) is 3.88. The zero-order valence-corrected chi connectivity index (χ0v) is 17.0. The molecule has 28 heavy (non-hydrogen) atoms. The molecule has 6 heteroatoms. The number of nitrogens with zero attached hydrogens (tertiary/aromatic N) is 2. The number of carboxylic acid groups (broad SMARTS) is 1. The molecule has 152 valence electrons. The summed E-state index contributed by atoms with van der Waals surface area (Å²) in [5, 5.41) is 9.19. The first kappa shape index (κ1) is 19.2. The van der Waals surface area contributed by atoms with Crippen LogP contribution in [-0.2, 0) is 11.2 Å². The van der Waals surface area contributed by atoms with Crippen molar-refractivity contribution in [1.82, 2.24) is 9.80 Å². The van der Waals surface area contributed by atoms with Gasteiger partial charge in [0.05, 0.1) is 5.56 Å². The number of fused-ring (bicyclic) bond motifs is 1. The molecule has 2 heterocycles. The summed E-state index contributed by atoms with van der Waals surface area (Å²) in [5.41, 5.74) is 2.74. The Morgan fingerprint density at radius 3 is 2.46 bits per heavy atom. The Morgan fingerprint density at radius 1 is 1.18 bits per heavy atom. The van der Waals surface area contributed by atoms with Crippen LogP contribution in [0.1, 0.15) is 67.6 Å². The lowest BCUT2D eigenvalue weighted by molar-refractivity contribution is -0.0716. The molecule has 2 fully saturated rings. The van der Waals surface area contributed by atoms with Crippen LogP contribution < -0.4 is 0 Å². The zero-order valence-electron chi connectivity index (χ0n) is 17.0. The smallest absolute Gasteiger partial charge is 0.410 e. The molecule has 0 bridgehead atoms. The molecule has 0 aromatic heterocycles. The molecule has 1 amide bonds. The van der Waals surface area contributed by atoms with E-state index in [0.717, 1.165) is 51.9 Å². The average molecular weight is 386 g/mol. The molecule has 2 saturated heterocycles. The number of rotatable bonds is 2. The van der Waals surface area contributed by atoms with E-state index >= 15 is 0 Å². The molecule has 1 aromatic carbocycles. The first-order valence-electron chi connectivity index (χ1n) is 10.2. The van der Waals surface area contributed by atoms with Crippen LogP contribution in [0.4, 0.5) is 4.79 Å². The average Bonchev–Trinajstić information content (AvgIpc) is 3.01. The number of piperidine rings is 1. The van der Waals surface area contributed by atoms with E-state index in [2.05, 4.69) is 4.90 Å². The highest BCUT2D eigenvalue weighted by atomic mass is 16.6. The highest BCUT2D eigenvalue weighted by molar-refractivity contribution is 5.88. The number of carbonyl (C=O) groups is 2. The third kappa shape index (κ3) is 3.62. The Morgan fingerprint density at radius 2 is 1.86 bits per heavy atom. The fourth-order valence-electron chi connectivity index (χ4n) is 4.95. The summed E-state index contributed by atoms with van der Waals surface area (Å²) in [4.78, 5) is 27.8. The maximum absolute atomic E-state index is 12.3. The fourth-order valence-corrected chi connectivity index (χ4v) is 4.95. The number of likely N-dealkylation sites (tertiary alicyclic amines) is 2.